The smallest absolute Gasteiger partial charge is 0.329 e. The van der Waals surface area contributed by atoms with E-state index in [9.17, 15) is 112 Å². The quantitative estimate of drug-likeness (QED) is 0.00584. The third-order valence-corrected chi connectivity index (χ3v) is 20.0. The number of aliphatic hydroxyl groups excluding tert-OH is 1. The molecule has 0 spiro atoms. The van der Waals surface area contributed by atoms with E-state index >= 15 is 9.59 Å². The van der Waals surface area contributed by atoms with Gasteiger partial charge in [0.25, 0.3) is 17.7 Å². The standard InChI is InChI=1S/C81H99N17O27/c1-4-5-10-26-124-45-23-21-43(22-24-45)42-17-19-44(20-18-42)70(113)97-80(33-49(80)48-35-86-52-15-9-7-12-46(48)52)78(122)95-54(30-61(84)101)75(118)98-81(34-50(81)76(119)120)79(123)96-59(39-125-77(121)57(91-62(102)27-40(2)28-65(105)106)29-60(100)47-13-6-8-14-51(47)83)72(115)88-36-63(103)90-53(16-11-25-82)73(116)94-56(32-67(109)110)74(117)89-41(3)69(112)93-55(31-66(107)108)71(114)87-37-64(104)92-58(38-99)68(85)111/h6-9,12-15,17-24,30,35,40-41,49-50,53,55-59,86,99H,4-5,10-11,16,25-29,31-34,36-39,82-83H2,1-3H3,(H2,84,101)(H2,85,111)(H,87,114)(H,88,115)(H,89,117)(H,90,103)(H,91,102)(H,92,104)(H,93,112)(H,94,116)(H,95,122)(H,96,123)(H,97,113)(H,98,118)(H,105,106)(H,107,108)(H,109,110)(H,119,120)/b54-30+/t40-,41+,49+,50-,53-,55-,56-,57-,58+,59-,80?,81?/m0/s1. The number of rotatable bonds is 51. The van der Waals surface area contributed by atoms with Gasteiger partial charge >= 0.3 is 29.8 Å². The predicted octanol–water partition coefficient (Wildman–Crippen LogP) is -3.78. The van der Waals surface area contributed by atoms with Gasteiger partial charge in [-0.15, -0.1) is 0 Å². The van der Waals surface area contributed by atoms with Crippen molar-refractivity contribution in [2.75, 3.05) is 45.2 Å². The molecule has 1 aromatic heterocycles. The van der Waals surface area contributed by atoms with E-state index in [2.05, 4.69) is 59.8 Å². The summed E-state index contributed by atoms with van der Waals surface area (Å²) in [7, 11) is 0. The molecule has 7 rings (SSSR count). The normalized spacial score (nSPS) is 17.4. The highest BCUT2D eigenvalue weighted by Gasteiger charge is 2.67. The molecule has 26 N–H and O–H groups in total. The molecule has 12 atom stereocenters. The Labute approximate surface area is 711 Å². The number of carboxylic acids is 4. The number of carboxylic acid groups (broad SMARTS) is 4. The summed E-state index contributed by atoms with van der Waals surface area (Å²) in [6.07, 6.45) is -0.909. The van der Waals surface area contributed by atoms with Crippen molar-refractivity contribution in [1.82, 2.24) is 68.8 Å². The van der Waals surface area contributed by atoms with E-state index in [0.29, 0.717) is 40.5 Å². The van der Waals surface area contributed by atoms with Crippen LogP contribution in [-0.4, -0.2) is 242 Å². The van der Waals surface area contributed by atoms with Gasteiger partial charge in [0.1, 0.15) is 71.4 Å². The molecule has 5 aromatic rings. The monoisotopic (exact) mass is 1740 g/mol. The van der Waals surface area contributed by atoms with Crippen LogP contribution in [0.25, 0.3) is 22.0 Å². The van der Waals surface area contributed by atoms with Crippen LogP contribution in [0.15, 0.2) is 115 Å². The fraction of sp³-hybridized carbons (Fsp3) is 0.407. The maximum absolute atomic E-state index is 15.1. The lowest BCUT2D eigenvalue weighted by Gasteiger charge is -2.26. The Morgan fingerprint density at radius 2 is 1.14 bits per heavy atom. The van der Waals surface area contributed by atoms with Crippen LogP contribution in [0.2, 0.25) is 0 Å². The first-order valence-corrected chi connectivity index (χ1v) is 39.3. The molecule has 0 saturated heterocycles. The van der Waals surface area contributed by atoms with Crippen LogP contribution in [0.1, 0.15) is 130 Å². The summed E-state index contributed by atoms with van der Waals surface area (Å²) in [5.41, 5.74) is 19.3. The molecule has 0 aliphatic heterocycles. The predicted molar refractivity (Wildman–Crippen MR) is 436 cm³/mol. The van der Waals surface area contributed by atoms with E-state index in [1.54, 1.807) is 42.6 Å². The summed E-state index contributed by atoms with van der Waals surface area (Å²) in [5.74, 6) is -29.7. The zero-order chi connectivity index (χ0) is 92.2. The molecule has 2 fully saturated rings. The number of carbonyl (C=O) groups is 20. The van der Waals surface area contributed by atoms with Gasteiger partial charge in [0.2, 0.25) is 65.0 Å². The Bertz CT molecular complexity index is 4960. The summed E-state index contributed by atoms with van der Waals surface area (Å²) in [5, 5.41) is 75.5. The second-order valence-electron chi connectivity index (χ2n) is 29.7. The van der Waals surface area contributed by atoms with Gasteiger partial charge in [-0.2, -0.15) is 0 Å². The summed E-state index contributed by atoms with van der Waals surface area (Å²) < 4.78 is 11.3. The van der Waals surface area contributed by atoms with E-state index < -0.39 is 266 Å². The van der Waals surface area contributed by atoms with Crippen LogP contribution in [0, 0.1) is 11.8 Å². The Kier molecular flexibility index (Phi) is 35.3. The number of para-hydroxylation sites is 2. The number of carbonyl (C=O) groups excluding carboxylic acids is 16. The number of aromatic amines is 1. The summed E-state index contributed by atoms with van der Waals surface area (Å²) >= 11 is 0. The lowest BCUT2D eigenvalue weighted by Crippen LogP contribution is -2.60. The summed E-state index contributed by atoms with van der Waals surface area (Å²) in [4.78, 5) is 272. The lowest BCUT2D eigenvalue weighted by atomic mass is 10.0. The molecule has 1 heterocycles. The number of anilines is 1. The van der Waals surface area contributed by atoms with Crippen molar-refractivity contribution in [1.29, 1.82) is 0 Å². The van der Waals surface area contributed by atoms with E-state index in [-0.39, 0.29) is 36.2 Å². The van der Waals surface area contributed by atoms with Crippen molar-refractivity contribution in [3.8, 4) is 16.9 Å². The largest absolute Gasteiger partial charge is 0.494 e. The number of H-pyrrole nitrogens is 1. The first kappa shape index (κ1) is 97.4. The first-order valence-electron chi connectivity index (χ1n) is 39.3. The zero-order valence-corrected chi connectivity index (χ0v) is 67.9. The van der Waals surface area contributed by atoms with Crippen LogP contribution < -0.4 is 91.5 Å². The number of aromatic nitrogens is 1. The summed E-state index contributed by atoms with van der Waals surface area (Å²) in [6, 6.07) is 12.5. The van der Waals surface area contributed by atoms with Crippen LogP contribution in [-0.2, 0) is 91.0 Å². The number of nitrogens with one attached hydrogen (secondary N) is 13. The molecule has 2 aliphatic rings. The number of amides is 14. The number of aliphatic hydroxyl groups is 1. The highest BCUT2D eigenvalue weighted by atomic mass is 16.5. The lowest BCUT2D eigenvalue weighted by molar-refractivity contribution is -0.150. The van der Waals surface area contributed by atoms with Gasteiger partial charge in [-0.1, -0.05) is 81.3 Å². The van der Waals surface area contributed by atoms with Crippen molar-refractivity contribution >= 4 is 135 Å². The van der Waals surface area contributed by atoms with Crippen molar-refractivity contribution in [2.45, 2.75) is 157 Å². The molecule has 44 nitrogen and oxygen atoms in total. The Balaban J connectivity index is 1.13. The molecule has 2 aliphatic carbocycles. The molecular formula is C81H99N17O27. The molecule has 14 amide bonds. The van der Waals surface area contributed by atoms with Crippen molar-refractivity contribution < 1.29 is 131 Å². The van der Waals surface area contributed by atoms with Gasteiger partial charge in [0, 0.05) is 65.2 Å². The van der Waals surface area contributed by atoms with Crippen molar-refractivity contribution in [3.05, 3.63) is 132 Å². The number of ether oxygens (including phenoxy) is 2. The van der Waals surface area contributed by atoms with E-state index in [1.807, 2.05) is 40.2 Å². The summed E-state index contributed by atoms with van der Waals surface area (Å²) in [6.45, 7) is 0.321. The third-order valence-electron chi connectivity index (χ3n) is 20.0. The number of nitrogen functional groups attached to an aromatic ring is 1. The van der Waals surface area contributed by atoms with Crippen molar-refractivity contribution in [2.24, 2.45) is 29.0 Å². The molecular weight excluding hydrogens is 1640 g/mol. The number of primary amides is 2. The number of nitrogens with two attached hydrogens (primary N) is 4. The van der Waals surface area contributed by atoms with Crippen LogP contribution in [0.5, 0.6) is 5.75 Å². The molecule has 670 valence electrons. The molecule has 0 bridgehead atoms. The number of unbranched alkanes of at least 4 members (excludes halogenated alkanes) is 2. The number of hydrogen-bond donors (Lipinski definition) is 22. The Hall–Kier alpha value is -14.7. The average Bonchev–Trinajstić information content (AvgIpc) is 1.56. The molecule has 0 radical (unpaired) electrons. The van der Waals surface area contributed by atoms with Crippen molar-refractivity contribution in [3.63, 3.8) is 0 Å². The number of benzene rings is 4. The highest BCUT2D eigenvalue weighted by molar-refractivity contribution is 6.11. The fourth-order valence-corrected chi connectivity index (χ4v) is 13.2. The Morgan fingerprint density at radius 3 is 1.73 bits per heavy atom. The van der Waals surface area contributed by atoms with E-state index in [1.165, 1.54) is 43.3 Å². The number of hydrogen-bond acceptors (Lipinski definition) is 25. The second kappa shape index (κ2) is 45.2. The van der Waals surface area contributed by atoms with Gasteiger partial charge in [0.15, 0.2) is 5.78 Å². The van der Waals surface area contributed by atoms with E-state index in [0.717, 1.165) is 31.7 Å². The number of Topliss-reactive ketones (excluding diaryl/α,β-unsaturated/α-hetero) is 1. The van der Waals surface area contributed by atoms with Gasteiger partial charge in [-0.3, -0.25) is 91.1 Å². The molecule has 2 unspecified atom stereocenters. The number of esters is 1. The molecule has 2 saturated carbocycles. The number of aliphatic carboxylic acids is 4. The van der Waals surface area contributed by atoms with Gasteiger partial charge in [-0.05, 0) is 111 Å². The SMILES string of the molecule is CCCCCOc1ccc(-c2ccc(C(=O)NC3(C(=O)N/C(=C/C(N)=O)C(=O)NC4(C(=O)N[C@@H](COC(=O)[C@H](CC(=O)c5ccccc5N)NC(=O)C[C@H](C)CC(=O)O)C(=O)NCC(=O)N[C@@H](CCCN)C(=O)N[C@@H](CC(=O)O)C(=O)N[C@H](C)C(=O)N[C@@H](CC(=O)O)C(=O)NCC(=O)N[C@H](CO)C(N)=O)C[C@H]4C(=O)O)C[C@@H]3c3c[nH]c4ccccc34)cc2)cc1. The minimum Gasteiger partial charge on any atom is -0.494 e. The minimum absolute atomic E-state index is 0.0767. The number of fused-ring (bicyclic) bond motifs is 1. The van der Waals surface area contributed by atoms with Crippen LogP contribution >= 0.6 is 0 Å². The molecule has 44 heteroatoms. The van der Waals surface area contributed by atoms with Crippen LogP contribution in [0.4, 0.5) is 5.69 Å². The van der Waals surface area contributed by atoms with Gasteiger partial charge < -0.3 is 127 Å². The maximum Gasteiger partial charge on any atom is 0.329 e. The topological polar surface area (TPSA) is 725 Å². The highest BCUT2D eigenvalue weighted by Crippen LogP contribution is 2.54. The van der Waals surface area contributed by atoms with Crippen LogP contribution in [0.3, 0.4) is 0 Å². The minimum atomic E-state index is -2.71. The Morgan fingerprint density at radius 1 is 0.568 bits per heavy atom. The first-order chi connectivity index (χ1) is 59.2. The fourth-order valence-electron chi connectivity index (χ4n) is 13.2. The zero-order valence-electron chi connectivity index (χ0n) is 67.9. The average molecular weight is 1740 g/mol. The molecule has 125 heavy (non-hydrogen) atoms. The van der Waals surface area contributed by atoms with Gasteiger partial charge in [-0.25, -0.2) is 4.79 Å². The number of ketones is 1. The second-order valence-corrected chi connectivity index (χ2v) is 29.7. The van der Waals surface area contributed by atoms with Gasteiger partial charge in [0.05, 0.1) is 45.1 Å². The third kappa shape index (κ3) is 28.2. The van der Waals surface area contributed by atoms with E-state index in [4.69, 9.17) is 32.4 Å². The maximum atomic E-state index is 15.1. The molecule has 4 aromatic carbocycles.